The summed E-state index contributed by atoms with van der Waals surface area (Å²) < 4.78 is 4.17. The summed E-state index contributed by atoms with van der Waals surface area (Å²) >= 11 is 7.25. The van der Waals surface area contributed by atoms with Gasteiger partial charge in [-0.3, -0.25) is 4.98 Å². The molecule has 0 aliphatic heterocycles. The molecule has 0 aliphatic carbocycles. The zero-order chi connectivity index (χ0) is 9.97. The molecule has 6 heteroatoms. The van der Waals surface area contributed by atoms with Crippen molar-refractivity contribution in [1.82, 2.24) is 14.3 Å². The fraction of sp³-hybridized carbons (Fsp3) is 0.125. The van der Waals surface area contributed by atoms with Crippen LogP contribution in [0.2, 0.25) is 5.02 Å². The molecule has 2 aromatic heterocycles. The average Bonchev–Trinajstić information content (AvgIpc) is 2.67. The summed E-state index contributed by atoms with van der Waals surface area (Å²) in [4.78, 5) is 8.14. The largest absolute Gasteiger partial charge is 0.363 e. The van der Waals surface area contributed by atoms with Crippen LogP contribution in [0.1, 0.15) is 0 Å². The van der Waals surface area contributed by atoms with Gasteiger partial charge in [0, 0.05) is 36.5 Å². The van der Waals surface area contributed by atoms with Crippen LogP contribution in [-0.4, -0.2) is 21.4 Å². The van der Waals surface area contributed by atoms with Gasteiger partial charge in [0.25, 0.3) is 0 Å². The second-order valence-electron chi connectivity index (χ2n) is 2.53. The third-order valence-corrected chi connectivity index (χ3v) is 2.69. The van der Waals surface area contributed by atoms with E-state index in [1.807, 2.05) is 0 Å². The fourth-order valence-corrected chi connectivity index (χ4v) is 1.73. The summed E-state index contributed by atoms with van der Waals surface area (Å²) in [6.07, 6.45) is 3.25. The first-order valence-electron chi connectivity index (χ1n) is 3.92. The second-order valence-corrected chi connectivity index (χ2v) is 3.69. The van der Waals surface area contributed by atoms with E-state index in [4.69, 9.17) is 11.6 Å². The monoisotopic (exact) mass is 226 g/mol. The van der Waals surface area contributed by atoms with Gasteiger partial charge in [0.05, 0.1) is 5.02 Å². The van der Waals surface area contributed by atoms with Gasteiger partial charge in [0.15, 0.2) is 5.82 Å². The van der Waals surface area contributed by atoms with E-state index in [9.17, 15) is 0 Å². The highest BCUT2D eigenvalue weighted by Crippen LogP contribution is 2.26. The zero-order valence-electron chi connectivity index (χ0n) is 7.36. The van der Waals surface area contributed by atoms with Gasteiger partial charge in [-0.05, 0) is 6.07 Å². The van der Waals surface area contributed by atoms with Crippen LogP contribution in [0.3, 0.4) is 0 Å². The lowest BCUT2D eigenvalue weighted by molar-refractivity contribution is 1.27. The predicted octanol–water partition coefficient (Wildman–Crippen LogP) is 2.30. The molecule has 0 saturated heterocycles. The number of hydrogen-bond acceptors (Lipinski definition) is 5. The van der Waals surface area contributed by atoms with Crippen LogP contribution in [0.15, 0.2) is 18.5 Å². The van der Waals surface area contributed by atoms with Gasteiger partial charge in [-0.25, -0.2) is 0 Å². The molecule has 1 N–H and O–H groups in total. The van der Waals surface area contributed by atoms with Gasteiger partial charge in [-0.1, -0.05) is 11.6 Å². The van der Waals surface area contributed by atoms with Crippen molar-refractivity contribution in [3.63, 3.8) is 0 Å². The minimum Gasteiger partial charge on any atom is -0.363 e. The highest BCUT2D eigenvalue weighted by molar-refractivity contribution is 7.09. The molecule has 2 aromatic rings. The lowest BCUT2D eigenvalue weighted by Crippen LogP contribution is -1.87. The second kappa shape index (κ2) is 3.89. The third kappa shape index (κ3) is 1.69. The van der Waals surface area contributed by atoms with E-state index in [1.165, 1.54) is 11.5 Å². The minimum atomic E-state index is 0.563. The van der Waals surface area contributed by atoms with Gasteiger partial charge in [-0.15, -0.1) is 0 Å². The summed E-state index contributed by atoms with van der Waals surface area (Å²) in [5, 5.41) is 4.26. The summed E-state index contributed by atoms with van der Waals surface area (Å²) in [6.45, 7) is 0. The van der Waals surface area contributed by atoms with Gasteiger partial charge >= 0.3 is 0 Å². The molecule has 0 amide bonds. The van der Waals surface area contributed by atoms with Crippen LogP contribution >= 0.6 is 23.1 Å². The van der Waals surface area contributed by atoms with Crippen LogP contribution in [-0.2, 0) is 0 Å². The van der Waals surface area contributed by atoms with E-state index in [0.29, 0.717) is 10.8 Å². The van der Waals surface area contributed by atoms with E-state index < -0.39 is 0 Å². The Morgan fingerprint density at radius 3 is 3.00 bits per heavy atom. The smallest absolute Gasteiger partial charge is 0.202 e. The van der Waals surface area contributed by atoms with Crippen LogP contribution in [0.25, 0.3) is 11.4 Å². The molecule has 0 aliphatic rings. The lowest BCUT2D eigenvalue weighted by Gasteiger charge is -1.96. The Bertz CT molecular complexity index is 442. The topological polar surface area (TPSA) is 50.7 Å². The van der Waals surface area contributed by atoms with Crippen molar-refractivity contribution in [1.29, 1.82) is 0 Å². The Hall–Kier alpha value is -1.20. The van der Waals surface area contributed by atoms with Crippen molar-refractivity contribution in [2.24, 2.45) is 0 Å². The maximum atomic E-state index is 5.95. The maximum Gasteiger partial charge on any atom is 0.202 e. The van der Waals surface area contributed by atoms with E-state index in [1.54, 1.807) is 25.5 Å². The van der Waals surface area contributed by atoms with E-state index >= 15 is 0 Å². The standard InChI is InChI=1S/C8H7ClN4S/c1-10-8-12-7(13-14-8)5-2-3-11-4-6(5)9/h2-4H,1H3,(H,10,12,13). The van der Waals surface area contributed by atoms with Crippen LogP contribution in [0.4, 0.5) is 5.13 Å². The number of aromatic nitrogens is 3. The third-order valence-electron chi connectivity index (χ3n) is 1.65. The molecule has 4 nitrogen and oxygen atoms in total. The van der Waals surface area contributed by atoms with Crippen LogP contribution in [0, 0.1) is 0 Å². The first-order chi connectivity index (χ1) is 6.81. The van der Waals surface area contributed by atoms with Gasteiger partial charge in [0.1, 0.15) is 0 Å². The normalized spacial score (nSPS) is 10.1. The number of hydrogen-bond donors (Lipinski definition) is 1. The first kappa shape index (κ1) is 9.36. The molecule has 72 valence electrons. The van der Waals surface area contributed by atoms with E-state index in [0.717, 1.165) is 10.7 Å². The van der Waals surface area contributed by atoms with Crippen molar-refractivity contribution in [2.75, 3.05) is 12.4 Å². The zero-order valence-corrected chi connectivity index (χ0v) is 8.93. The number of rotatable bonds is 2. The molecule has 0 saturated carbocycles. The first-order valence-corrected chi connectivity index (χ1v) is 5.07. The van der Waals surface area contributed by atoms with E-state index in [2.05, 4.69) is 19.7 Å². The summed E-state index contributed by atoms with van der Waals surface area (Å²) in [6, 6.07) is 1.80. The number of anilines is 1. The number of halogens is 1. The number of nitrogens with one attached hydrogen (secondary N) is 1. The molecule has 0 unspecified atom stereocenters. The van der Waals surface area contributed by atoms with Crippen LogP contribution < -0.4 is 5.32 Å². The average molecular weight is 227 g/mol. The molecule has 0 aromatic carbocycles. The molecule has 0 bridgehead atoms. The van der Waals surface area contributed by atoms with Crippen molar-refractivity contribution in [3.8, 4) is 11.4 Å². The molecule has 2 rings (SSSR count). The molecule has 0 fully saturated rings. The van der Waals surface area contributed by atoms with Crippen LogP contribution in [0.5, 0.6) is 0 Å². The summed E-state index contributed by atoms with van der Waals surface area (Å²) in [5.41, 5.74) is 0.805. The Labute approximate surface area is 90.1 Å². The van der Waals surface area contributed by atoms with Crippen molar-refractivity contribution < 1.29 is 0 Å². The fourth-order valence-electron chi connectivity index (χ4n) is 0.991. The molecule has 0 radical (unpaired) electrons. The Morgan fingerprint density at radius 2 is 2.36 bits per heavy atom. The molecule has 14 heavy (non-hydrogen) atoms. The summed E-state index contributed by atoms with van der Waals surface area (Å²) in [5.74, 6) is 0.631. The number of pyridine rings is 1. The maximum absolute atomic E-state index is 5.95. The molecule has 0 atom stereocenters. The lowest BCUT2D eigenvalue weighted by atomic mass is 10.2. The van der Waals surface area contributed by atoms with Crippen molar-refractivity contribution >= 4 is 28.3 Å². The highest BCUT2D eigenvalue weighted by atomic mass is 35.5. The molecular weight excluding hydrogens is 220 g/mol. The molecule has 0 spiro atoms. The SMILES string of the molecule is CNc1nc(-c2ccncc2Cl)ns1. The van der Waals surface area contributed by atoms with Crippen molar-refractivity contribution in [3.05, 3.63) is 23.5 Å². The van der Waals surface area contributed by atoms with Gasteiger partial charge in [0.2, 0.25) is 5.13 Å². The quantitative estimate of drug-likeness (QED) is 0.854. The van der Waals surface area contributed by atoms with E-state index in [-0.39, 0.29) is 0 Å². The molecule has 2 heterocycles. The minimum absolute atomic E-state index is 0.563. The summed E-state index contributed by atoms with van der Waals surface area (Å²) in [7, 11) is 1.80. The predicted molar refractivity (Wildman–Crippen MR) is 57.7 cm³/mol. The highest BCUT2D eigenvalue weighted by Gasteiger charge is 2.08. The van der Waals surface area contributed by atoms with Gasteiger partial charge in [-0.2, -0.15) is 9.36 Å². The Balaban J connectivity index is 2.44. The Morgan fingerprint density at radius 1 is 1.50 bits per heavy atom. The van der Waals surface area contributed by atoms with Gasteiger partial charge < -0.3 is 5.32 Å². The molecular formula is C8H7ClN4S. The van der Waals surface area contributed by atoms with Crippen molar-refractivity contribution in [2.45, 2.75) is 0 Å². The Kier molecular flexibility index (Phi) is 2.60. The number of nitrogens with zero attached hydrogens (tertiary/aromatic N) is 3.